The van der Waals surface area contributed by atoms with Crippen LogP contribution in [-0.4, -0.2) is 71.4 Å². The lowest BCUT2D eigenvalue weighted by atomic mass is 9.73. The molecular formula is C35H42Cl2N4O4. The molecule has 45 heavy (non-hydrogen) atoms. The summed E-state index contributed by atoms with van der Waals surface area (Å²) in [5.41, 5.74) is 0.445. The first-order valence-corrected chi connectivity index (χ1v) is 16.8. The summed E-state index contributed by atoms with van der Waals surface area (Å²) in [6.45, 7) is 6.32. The average molecular weight is 654 g/mol. The third-order valence-corrected chi connectivity index (χ3v) is 10.8. The Morgan fingerprint density at radius 1 is 1.07 bits per heavy atom. The monoisotopic (exact) mass is 652 g/mol. The Labute approximate surface area is 275 Å². The van der Waals surface area contributed by atoms with E-state index in [9.17, 15) is 14.4 Å². The molecule has 1 aliphatic carbocycles. The number of nitrogens with zero attached hydrogens (tertiary/aromatic N) is 2. The lowest BCUT2D eigenvalue weighted by molar-refractivity contribution is -0.141. The molecule has 3 aliphatic heterocycles. The number of carbonyl (C=O) groups excluding carboxylic acids is 3. The first kappa shape index (κ1) is 32.0. The largest absolute Gasteiger partial charge is 0.359 e. The van der Waals surface area contributed by atoms with Crippen LogP contribution in [0.15, 0.2) is 60.7 Å². The maximum Gasteiger partial charge on any atom is 0.246 e. The first-order valence-electron chi connectivity index (χ1n) is 16.0. The Balaban J connectivity index is 1.23. The van der Waals surface area contributed by atoms with Gasteiger partial charge in [-0.25, -0.2) is 0 Å². The molecule has 0 aromatic heterocycles. The molecular weight excluding hydrogens is 611 g/mol. The highest BCUT2D eigenvalue weighted by molar-refractivity contribution is 6.35. The summed E-state index contributed by atoms with van der Waals surface area (Å²) in [6.07, 6.45) is 6.86. The van der Waals surface area contributed by atoms with Crippen molar-refractivity contribution >= 4 is 46.6 Å². The number of anilines is 1. The van der Waals surface area contributed by atoms with Crippen molar-refractivity contribution in [3.8, 4) is 0 Å². The highest BCUT2D eigenvalue weighted by atomic mass is 35.5. The molecule has 3 amide bonds. The highest BCUT2D eigenvalue weighted by Crippen LogP contribution is 2.55. The number of rotatable bonds is 10. The number of fused-ring (bicyclic) bond motifs is 1. The van der Waals surface area contributed by atoms with Gasteiger partial charge >= 0.3 is 0 Å². The Hall–Kier alpha value is -2.91. The summed E-state index contributed by atoms with van der Waals surface area (Å²) in [5, 5.41) is 7.00. The molecule has 6 rings (SSSR count). The van der Waals surface area contributed by atoms with Crippen LogP contribution >= 0.6 is 23.2 Å². The SMILES string of the molecule is C[C@@H]1[C@H](C)CCC[C@@H]1NC(=O)[C@@H]1N(CCCN(C)Cc2ccccc2)C(=O)[C@@H]2[C@H](C(=O)Nc3cc(Cl)cc(Cl)c3)[C@@H]3C=C[C@]21O3. The van der Waals surface area contributed by atoms with Crippen LogP contribution < -0.4 is 10.6 Å². The van der Waals surface area contributed by atoms with Gasteiger partial charge in [0.1, 0.15) is 11.6 Å². The van der Waals surface area contributed by atoms with Crippen molar-refractivity contribution in [2.24, 2.45) is 23.7 Å². The quantitative estimate of drug-likeness (QED) is 0.329. The average Bonchev–Trinajstić information content (AvgIpc) is 3.63. The van der Waals surface area contributed by atoms with E-state index in [2.05, 4.69) is 48.6 Å². The minimum Gasteiger partial charge on any atom is -0.359 e. The van der Waals surface area contributed by atoms with Crippen LogP contribution in [0, 0.1) is 23.7 Å². The highest BCUT2D eigenvalue weighted by Gasteiger charge is 2.72. The summed E-state index contributed by atoms with van der Waals surface area (Å²) in [4.78, 5) is 46.3. The summed E-state index contributed by atoms with van der Waals surface area (Å²) >= 11 is 12.4. The second-order valence-corrected chi connectivity index (χ2v) is 14.2. The van der Waals surface area contributed by atoms with Crippen LogP contribution in [0.2, 0.25) is 10.0 Å². The van der Waals surface area contributed by atoms with Gasteiger partial charge in [0.15, 0.2) is 0 Å². The van der Waals surface area contributed by atoms with E-state index in [1.54, 1.807) is 23.1 Å². The van der Waals surface area contributed by atoms with Crippen molar-refractivity contribution in [3.63, 3.8) is 0 Å². The van der Waals surface area contributed by atoms with E-state index in [4.69, 9.17) is 27.9 Å². The molecule has 1 saturated carbocycles. The van der Waals surface area contributed by atoms with Crippen molar-refractivity contribution < 1.29 is 19.1 Å². The molecule has 1 spiro atoms. The van der Waals surface area contributed by atoms with E-state index in [1.165, 1.54) is 5.56 Å². The molecule has 240 valence electrons. The van der Waals surface area contributed by atoms with Crippen LogP contribution in [0.25, 0.3) is 0 Å². The fraction of sp³-hybridized carbons (Fsp3) is 0.514. The molecule has 0 radical (unpaired) electrons. The number of benzene rings is 2. The lowest BCUT2D eigenvalue weighted by Crippen LogP contribution is -2.58. The van der Waals surface area contributed by atoms with E-state index in [-0.39, 0.29) is 23.8 Å². The normalized spacial score (nSPS) is 31.8. The maximum atomic E-state index is 14.3. The second kappa shape index (κ2) is 13.1. The molecule has 0 unspecified atom stereocenters. The van der Waals surface area contributed by atoms with Crippen LogP contribution in [0.4, 0.5) is 5.69 Å². The minimum atomic E-state index is -1.21. The van der Waals surface area contributed by atoms with E-state index >= 15 is 0 Å². The molecule has 4 aliphatic rings. The number of hydrogen-bond acceptors (Lipinski definition) is 5. The van der Waals surface area contributed by atoms with Gasteiger partial charge in [0.25, 0.3) is 0 Å². The van der Waals surface area contributed by atoms with Crippen molar-refractivity contribution in [1.82, 2.24) is 15.1 Å². The molecule has 2 aromatic rings. The fourth-order valence-corrected chi connectivity index (χ4v) is 8.42. The van der Waals surface area contributed by atoms with Crippen LogP contribution in [0.5, 0.6) is 0 Å². The van der Waals surface area contributed by atoms with Gasteiger partial charge in [-0.05, 0) is 62.0 Å². The van der Waals surface area contributed by atoms with Gasteiger partial charge in [0, 0.05) is 34.9 Å². The Morgan fingerprint density at radius 2 is 1.80 bits per heavy atom. The van der Waals surface area contributed by atoms with Gasteiger partial charge in [-0.2, -0.15) is 0 Å². The summed E-state index contributed by atoms with van der Waals surface area (Å²) in [5.74, 6) is -1.57. The molecule has 3 heterocycles. The molecule has 2 bridgehead atoms. The zero-order valence-corrected chi connectivity index (χ0v) is 27.6. The Bertz CT molecular complexity index is 1450. The number of hydrogen-bond donors (Lipinski definition) is 2. The van der Waals surface area contributed by atoms with Gasteiger partial charge in [0.2, 0.25) is 17.7 Å². The maximum absolute atomic E-state index is 14.3. The summed E-state index contributed by atoms with van der Waals surface area (Å²) in [7, 11) is 2.05. The van der Waals surface area contributed by atoms with Gasteiger partial charge < -0.3 is 25.2 Å². The molecule has 2 aromatic carbocycles. The van der Waals surface area contributed by atoms with Gasteiger partial charge in [0.05, 0.1) is 17.9 Å². The summed E-state index contributed by atoms with van der Waals surface area (Å²) < 4.78 is 6.52. The third-order valence-electron chi connectivity index (χ3n) is 10.3. The second-order valence-electron chi connectivity index (χ2n) is 13.3. The van der Waals surface area contributed by atoms with Crippen molar-refractivity contribution in [2.75, 3.05) is 25.5 Å². The Morgan fingerprint density at radius 3 is 2.53 bits per heavy atom. The van der Waals surface area contributed by atoms with Crippen LogP contribution in [0.3, 0.4) is 0 Å². The smallest absolute Gasteiger partial charge is 0.246 e. The number of carbonyl (C=O) groups is 3. The van der Waals surface area contributed by atoms with Gasteiger partial charge in [-0.3, -0.25) is 14.4 Å². The van der Waals surface area contributed by atoms with E-state index in [1.807, 2.05) is 30.4 Å². The zero-order valence-electron chi connectivity index (χ0n) is 26.0. The number of likely N-dealkylation sites (tertiary alicyclic amines) is 1. The first-order chi connectivity index (χ1) is 21.6. The van der Waals surface area contributed by atoms with Crippen molar-refractivity contribution in [1.29, 1.82) is 0 Å². The fourth-order valence-electron chi connectivity index (χ4n) is 7.89. The molecule has 8 nitrogen and oxygen atoms in total. The van der Waals surface area contributed by atoms with Crippen molar-refractivity contribution in [3.05, 3.63) is 76.3 Å². The van der Waals surface area contributed by atoms with Gasteiger partial charge in [-0.1, -0.05) is 92.4 Å². The van der Waals surface area contributed by atoms with Crippen LogP contribution in [0.1, 0.15) is 45.1 Å². The predicted molar refractivity (Wildman–Crippen MR) is 176 cm³/mol. The predicted octanol–water partition coefficient (Wildman–Crippen LogP) is 5.55. The minimum absolute atomic E-state index is 0.0277. The molecule has 3 fully saturated rings. The van der Waals surface area contributed by atoms with Crippen LogP contribution in [-0.2, 0) is 25.7 Å². The number of halogens is 2. The topological polar surface area (TPSA) is 91.0 Å². The Kier molecular flexibility index (Phi) is 9.31. The molecule has 10 heteroatoms. The third kappa shape index (κ3) is 6.27. The molecule has 2 N–H and O–H groups in total. The standard InChI is InChI=1S/C35H42Cl2N4O4/c1-21-9-7-12-27(22(21)2)39-33(43)31-35-14-13-28(45-35)29(32(42)38-26-18-24(36)17-25(37)19-26)30(35)34(44)41(31)16-8-15-40(3)20-23-10-5-4-6-11-23/h4-6,10-11,13-14,17-19,21-22,27-31H,7-9,12,15-16,20H2,1-3H3,(H,38,42)(H,39,43)/t21-,22-,27+,28+,29-,30+,31+,35+/m1/s1. The zero-order chi connectivity index (χ0) is 31.9. The van der Waals surface area contributed by atoms with E-state index < -0.39 is 29.6 Å². The molecule has 8 atom stereocenters. The van der Waals surface area contributed by atoms with E-state index in [0.29, 0.717) is 40.5 Å². The summed E-state index contributed by atoms with van der Waals surface area (Å²) in [6, 6.07) is 14.2. The molecule has 2 saturated heterocycles. The van der Waals surface area contributed by atoms with E-state index in [0.717, 1.165) is 32.4 Å². The number of amides is 3. The van der Waals surface area contributed by atoms with Gasteiger partial charge in [-0.15, -0.1) is 0 Å². The number of ether oxygens (including phenoxy) is 1. The van der Waals surface area contributed by atoms with Crippen molar-refractivity contribution in [2.45, 2.75) is 69.9 Å². The number of nitrogens with one attached hydrogen (secondary N) is 2. The lowest BCUT2D eigenvalue weighted by Gasteiger charge is -2.38.